The van der Waals surface area contributed by atoms with Crippen LogP contribution < -0.4 is 4.90 Å². The van der Waals surface area contributed by atoms with Crippen molar-refractivity contribution in [2.75, 3.05) is 31.7 Å². The Hall–Kier alpha value is -1.20. The van der Waals surface area contributed by atoms with Crippen LogP contribution >= 0.6 is 0 Å². The van der Waals surface area contributed by atoms with Gasteiger partial charge in [0.15, 0.2) is 0 Å². The number of aromatic nitrogens is 2. The molecule has 3 rings (SSSR count). The molecule has 92 valence electrons. The van der Waals surface area contributed by atoms with E-state index in [9.17, 15) is 0 Å². The van der Waals surface area contributed by atoms with Crippen molar-refractivity contribution >= 4 is 5.95 Å². The summed E-state index contributed by atoms with van der Waals surface area (Å²) >= 11 is 0. The summed E-state index contributed by atoms with van der Waals surface area (Å²) in [6.45, 7) is 2.54. The smallest absolute Gasteiger partial charge is 0.225 e. The Bertz CT molecular complexity index is 379. The maximum atomic E-state index is 5.91. The molecule has 0 aliphatic carbocycles. The van der Waals surface area contributed by atoms with Crippen LogP contribution in [0.4, 0.5) is 5.95 Å². The van der Waals surface area contributed by atoms with Crippen LogP contribution in [-0.4, -0.2) is 48.5 Å². The Balaban J connectivity index is 1.63. The van der Waals surface area contributed by atoms with E-state index in [4.69, 9.17) is 9.47 Å². The fourth-order valence-electron chi connectivity index (χ4n) is 2.65. The van der Waals surface area contributed by atoms with Gasteiger partial charge in [0.1, 0.15) is 5.60 Å². The molecule has 1 spiro atoms. The Kier molecular flexibility index (Phi) is 2.72. The molecule has 1 aromatic heterocycles. The van der Waals surface area contributed by atoms with Gasteiger partial charge >= 0.3 is 0 Å². The summed E-state index contributed by atoms with van der Waals surface area (Å²) in [5.41, 5.74) is -0.0296. The first-order valence-corrected chi connectivity index (χ1v) is 6.00. The molecule has 0 radical (unpaired) electrons. The van der Waals surface area contributed by atoms with E-state index in [1.165, 1.54) is 0 Å². The zero-order valence-electron chi connectivity index (χ0n) is 10.0. The first-order valence-electron chi connectivity index (χ1n) is 6.00. The van der Waals surface area contributed by atoms with E-state index in [-0.39, 0.29) is 5.60 Å². The fraction of sp³-hybridized carbons (Fsp3) is 0.667. The molecular formula is C12H17N3O2. The molecule has 2 aliphatic rings. The van der Waals surface area contributed by atoms with Crippen LogP contribution in [0, 0.1) is 0 Å². The van der Waals surface area contributed by atoms with Crippen molar-refractivity contribution < 1.29 is 9.47 Å². The first kappa shape index (κ1) is 10.9. The Morgan fingerprint density at radius 3 is 2.88 bits per heavy atom. The SMILES string of the molecule is COC1CCOC2(C1)CN(c1ncccn1)C2. The molecule has 2 saturated heterocycles. The summed E-state index contributed by atoms with van der Waals surface area (Å²) in [5, 5.41) is 0. The molecule has 0 N–H and O–H groups in total. The number of anilines is 1. The second-order valence-electron chi connectivity index (χ2n) is 4.79. The summed E-state index contributed by atoms with van der Waals surface area (Å²) in [6.07, 6.45) is 5.86. The molecule has 0 bridgehead atoms. The molecule has 2 fully saturated rings. The van der Waals surface area contributed by atoms with Crippen LogP contribution in [0.5, 0.6) is 0 Å². The molecule has 17 heavy (non-hydrogen) atoms. The van der Waals surface area contributed by atoms with Crippen LogP contribution in [0.15, 0.2) is 18.5 Å². The van der Waals surface area contributed by atoms with Crippen LogP contribution in [0.2, 0.25) is 0 Å². The van der Waals surface area contributed by atoms with Crippen molar-refractivity contribution in [1.29, 1.82) is 0 Å². The van der Waals surface area contributed by atoms with E-state index in [2.05, 4.69) is 14.9 Å². The summed E-state index contributed by atoms with van der Waals surface area (Å²) in [4.78, 5) is 10.6. The van der Waals surface area contributed by atoms with Crippen molar-refractivity contribution in [2.45, 2.75) is 24.5 Å². The molecule has 1 aromatic rings. The third-order valence-corrected chi connectivity index (χ3v) is 3.57. The molecular weight excluding hydrogens is 218 g/mol. The third-order valence-electron chi connectivity index (χ3n) is 3.57. The Labute approximate surface area is 101 Å². The van der Waals surface area contributed by atoms with Crippen molar-refractivity contribution in [3.63, 3.8) is 0 Å². The minimum atomic E-state index is -0.0296. The Morgan fingerprint density at radius 2 is 2.18 bits per heavy atom. The van der Waals surface area contributed by atoms with Gasteiger partial charge in [0.25, 0.3) is 0 Å². The van der Waals surface area contributed by atoms with Gasteiger partial charge in [-0.05, 0) is 12.5 Å². The monoisotopic (exact) mass is 235 g/mol. The third kappa shape index (κ3) is 2.00. The highest BCUT2D eigenvalue weighted by molar-refractivity contribution is 5.37. The quantitative estimate of drug-likeness (QED) is 0.761. The highest BCUT2D eigenvalue weighted by Crippen LogP contribution is 2.36. The molecule has 5 heteroatoms. The summed E-state index contributed by atoms with van der Waals surface area (Å²) < 4.78 is 11.3. The Morgan fingerprint density at radius 1 is 1.41 bits per heavy atom. The van der Waals surface area contributed by atoms with E-state index in [0.29, 0.717) is 6.10 Å². The zero-order chi connectivity index (χ0) is 11.7. The van der Waals surface area contributed by atoms with Crippen LogP contribution in [-0.2, 0) is 9.47 Å². The minimum absolute atomic E-state index is 0.0296. The minimum Gasteiger partial charge on any atom is -0.381 e. The van der Waals surface area contributed by atoms with Crippen LogP contribution in [0.1, 0.15) is 12.8 Å². The average molecular weight is 235 g/mol. The molecule has 0 aromatic carbocycles. The fourth-order valence-corrected chi connectivity index (χ4v) is 2.65. The van der Waals surface area contributed by atoms with Gasteiger partial charge < -0.3 is 14.4 Å². The van der Waals surface area contributed by atoms with Crippen molar-refractivity contribution in [2.24, 2.45) is 0 Å². The van der Waals surface area contributed by atoms with E-state index >= 15 is 0 Å². The lowest BCUT2D eigenvalue weighted by Gasteiger charge is -2.52. The lowest BCUT2D eigenvalue weighted by atomic mass is 9.85. The maximum absolute atomic E-state index is 5.91. The summed E-state index contributed by atoms with van der Waals surface area (Å²) in [6, 6.07) is 1.83. The number of nitrogens with zero attached hydrogens (tertiary/aromatic N) is 3. The van der Waals surface area contributed by atoms with Crippen molar-refractivity contribution in [3.8, 4) is 0 Å². The van der Waals surface area contributed by atoms with Crippen molar-refractivity contribution in [1.82, 2.24) is 9.97 Å². The average Bonchev–Trinajstić information content (AvgIpc) is 2.37. The predicted octanol–water partition coefficient (Wildman–Crippen LogP) is 0.861. The maximum Gasteiger partial charge on any atom is 0.225 e. The highest BCUT2D eigenvalue weighted by atomic mass is 16.5. The van der Waals surface area contributed by atoms with Gasteiger partial charge in [-0.2, -0.15) is 0 Å². The van der Waals surface area contributed by atoms with E-state index in [1.54, 1.807) is 19.5 Å². The number of methoxy groups -OCH3 is 1. The molecule has 0 saturated carbocycles. The number of hydrogen-bond acceptors (Lipinski definition) is 5. The van der Waals surface area contributed by atoms with Crippen LogP contribution in [0.3, 0.4) is 0 Å². The largest absolute Gasteiger partial charge is 0.381 e. The molecule has 1 atom stereocenters. The molecule has 3 heterocycles. The number of rotatable bonds is 2. The number of ether oxygens (including phenoxy) is 2. The normalized spacial score (nSPS) is 26.9. The summed E-state index contributed by atoms with van der Waals surface area (Å²) in [7, 11) is 1.78. The van der Waals surface area contributed by atoms with Gasteiger partial charge in [0.2, 0.25) is 5.95 Å². The number of hydrogen-bond donors (Lipinski definition) is 0. The summed E-state index contributed by atoms with van der Waals surface area (Å²) in [5.74, 6) is 0.793. The second kappa shape index (κ2) is 4.23. The van der Waals surface area contributed by atoms with Gasteiger partial charge in [-0.1, -0.05) is 0 Å². The predicted molar refractivity (Wildman–Crippen MR) is 63.0 cm³/mol. The topological polar surface area (TPSA) is 47.5 Å². The lowest BCUT2D eigenvalue weighted by molar-refractivity contribution is -0.138. The van der Waals surface area contributed by atoms with Crippen LogP contribution in [0.25, 0.3) is 0 Å². The van der Waals surface area contributed by atoms with E-state index in [1.807, 2.05) is 6.07 Å². The van der Waals surface area contributed by atoms with Gasteiger partial charge in [-0.3, -0.25) is 0 Å². The standard InChI is InChI=1S/C12H17N3O2/c1-16-10-3-6-17-12(7-10)8-15(9-12)11-13-4-2-5-14-11/h2,4-5,10H,3,6-9H2,1H3. The molecule has 0 amide bonds. The van der Waals surface area contributed by atoms with Gasteiger partial charge in [-0.15, -0.1) is 0 Å². The lowest BCUT2D eigenvalue weighted by Crippen LogP contribution is -2.66. The van der Waals surface area contributed by atoms with Gasteiger partial charge in [0, 0.05) is 32.5 Å². The zero-order valence-corrected chi connectivity index (χ0v) is 10.0. The van der Waals surface area contributed by atoms with E-state index < -0.39 is 0 Å². The van der Waals surface area contributed by atoms with E-state index in [0.717, 1.165) is 38.5 Å². The van der Waals surface area contributed by atoms with Gasteiger partial charge in [-0.25, -0.2) is 9.97 Å². The molecule has 2 aliphatic heterocycles. The van der Waals surface area contributed by atoms with Gasteiger partial charge in [0.05, 0.1) is 19.2 Å². The second-order valence-corrected chi connectivity index (χ2v) is 4.79. The first-order chi connectivity index (χ1) is 8.31. The molecule has 1 unspecified atom stereocenters. The molecule has 5 nitrogen and oxygen atoms in total. The van der Waals surface area contributed by atoms with Crippen molar-refractivity contribution in [3.05, 3.63) is 18.5 Å². The highest BCUT2D eigenvalue weighted by Gasteiger charge is 2.48.